The van der Waals surface area contributed by atoms with Crippen molar-refractivity contribution in [1.29, 1.82) is 0 Å². The van der Waals surface area contributed by atoms with Crippen molar-refractivity contribution in [3.05, 3.63) is 40.7 Å². The fourth-order valence-electron chi connectivity index (χ4n) is 3.68. The third-order valence-corrected chi connectivity index (χ3v) is 5.19. The van der Waals surface area contributed by atoms with E-state index in [2.05, 4.69) is 49.5 Å². The lowest BCUT2D eigenvalue weighted by Gasteiger charge is -2.20. The van der Waals surface area contributed by atoms with E-state index in [9.17, 15) is 0 Å². The lowest BCUT2D eigenvalue weighted by atomic mass is 10.1. The first-order valence-electron chi connectivity index (χ1n) is 11.5. The fraction of sp³-hybridized carbons (Fsp3) is 0.583. The molecule has 0 bridgehead atoms. The Morgan fingerprint density at radius 3 is 2.39 bits per heavy atom. The molecule has 7 nitrogen and oxygen atoms in total. The maximum atomic E-state index is 5.78. The van der Waals surface area contributed by atoms with Crippen molar-refractivity contribution >= 4 is 5.96 Å². The average molecular weight is 430 g/mol. The minimum atomic E-state index is 0.0536. The number of hydrogen-bond acceptors (Lipinski definition) is 4. The third kappa shape index (κ3) is 6.39. The van der Waals surface area contributed by atoms with Gasteiger partial charge in [-0.2, -0.15) is 5.10 Å². The molecule has 0 fully saturated rings. The molecule has 0 aliphatic carbocycles. The first-order chi connectivity index (χ1) is 15.0. The summed E-state index contributed by atoms with van der Waals surface area (Å²) in [6.45, 7) is 15.1. The Labute approximate surface area is 187 Å². The number of hydrogen-bond donors (Lipinski definition) is 2. The molecule has 0 aliphatic heterocycles. The maximum absolute atomic E-state index is 5.78. The van der Waals surface area contributed by atoms with Crippen molar-refractivity contribution in [2.75, 3.05) is 19.8 Å². The van der Waals surface area contributed by atoms with Crippen LogP contribution in [0.2, 0.25) is 0 Å². The van der Waals surface area contributed by atoms with Gasteiger partial charge in [-0.15, -0.1) is 0 Å². The zero-order valence-corrected chi connectivity index (χ0v) is 20.2. The standard InChI is InChI=1S/C24H39N5O2/c1-8-20-19(21(9-2)29(7)28-20)16-26-24(25-10-3)27-17(6)18-13-14-22(30-11-4)23(15-18)31-12-5/h13-15,17H,8-12,16H2,1-7H3,(H2,25,26,27). The molecule has 2 rings (SSSR count). The third-order valence-electron chi connectivity index (χ3n) is 5.19. The summed E-state index contributed by atoms with van der Waals surface area (Å²) in [6.07, 6.45) is 1.85. The van der Waals surface area contributed by atoms with Crippen LogP contribution in [0.15, 0.2) is 23.2 Å². The van der Waals surface area contributed by atoms with Gasteiger partial charge in [-0.05, 0) is 58.2 Å². The molecule has 0 amide bonds. The van der Waals surface area contributed by atoms with E-state index in [0.717, 1.165) is 48.1 Å². The van der Waals surface area contributed by atoms with Gasteiger partial charge in [0.15, 0.2) is 17.5 Å². The molecule has 1 atom stereocenters. The van der Waals surface area contributed by atoms with Crippen LogP contribution < -0.4 is 20.1 Å². The molecule has 0 spiro atoms. The maximum Gasteiger partial charge on any atom is 0.192 e. The smallest absolute Gasteiger partial charge is 0.192 e. The lowest BCUT2D eigenvalue weighted by molar-refractivity contribution is 0.287. The molecule has 2 aromatic rings. The average Bonchev–Trinajstić information content (AvgIpc) is 3.08. The van der Waals surface area contributed by atoms with Gasteiger partial charge in [-0.1, -0.05) is 19.9 Å². The van der Waals surface area contributed by atoms with Crippen LogP contribution >= 0.6 is 0 Å². The highest BCUT2D eigenvalue weighted by molar-refractivity contribution is 5.80. The SMILES string of the molecule is CCNC(=NCc1c(CC)nn(C)c1CC)NC(C)c1ccc(OCC)c(OCC)c1. The molecule has 0 radical (unpaired) electrons. The van der Waals surface area contributed by atoms with Crippen LogP contribution in [0.3, 0.4) is 0 Å². The van der Waals surface area contributed by atoms with Crippen LogP contribution in [0.5, 0.6) is 11.5 Å². The van der Waals surface area contributed by atoms with Crippen LogP contribution in [0.4, 0.5) is 0 Å². The first-order valence-corrected chi connectivity index (χ1v) is 11.5. The molecule has 7 heteroatoms. The Morgan fingerprint density at radius 2 is 1.77 bits per heavy atom. The van der Waals surface area contributed by atoms with Gasteiger partial charge in [0.1, 0.15) is 0 Å². The number of nitrogens with zero attached hydrogens (tertiary/aromatic N) is 3. The molecule has 1 unspecified atom stereocenters. The molecular formula is C24H39N5O2. The Hall–Kier alpha value is -2.70. The number of aryl methyl sites for hydroxylation is 2. The van der Waals surface area contributed by atoms with Gasteiger partial charge in [0.05, 0.1) is 31.5 Å². The number of nitrogens with one attached hydrogen (secondary N) is 2. The quantitative estimate of drug-likeness (QED) is 0.415. The van der Waals surface area contributed by atoms with Crippen molar-refractivity contribution in [2.45, 2.75) is 67.0 Å². The van der Waals surface area contributed by atoms with Crippen LogP contribution in [-0.2, 0) is 26.4 Å². The van der Waals surface area contributed by atoms with E-state index in [1.165, 1.54) is 11.3 Å². The number of aromatic nitrogens is 2. The Balaban J connectivity index is 2.22. The highest BCUT2D eigenvalue weighted by Gasteiger charge is 2.15. The van der Waals surface area contributed by atoms with E-state index in [-0.39, 0.29) is 6.04 Å². The number of benzene rings is 1. The zero-order chi connectivity index (χ0) is 22.8. The molecular weight excluding hydrogens is 390 g/mol. The second kappa shape index (κ2) is 12.2. The van der Waals surface area contributed by atoms with E-state index in [1.54, 1.807) is 0 Å². The number of guanidine groups is 1. The van der Waals surface area contributed by atoms with Crippen molar-refractivity contribution in [1.82, 2.24) is 20.4 Å². The van der Waals surface area contributed by atoms with Crippen LogP contribution in [-0.4, -0.2) is 35.5 Å². The van der Waals surface area contributed by atoms with Crippen molar-refractivity contribution in [3.63, 3.8) is 0 Å². The van der Waals surface area contributed by atoms with E-state index in [0.29, 0.717) is 19.8 Å². The molecule has 1 aromatic carbocycles. The molecule has 172 valence electrons. The summed E-state index contributed by atoms with van der Waals surface area (Å²) in [5.41, 5.74) is 4.72. The minimum Gasteiger partial charge on any atom is -0.490 e. The van der Waals surface area contributed by atoms with Crippen molar-refractivity contribution in [2.24, 2.45) is 12.0 Å². The topological polar surface area (TPSA) is 72.7 Å². The first kappa shape index (κ1) is 24.6. The van der Waals surface area contributed by atoms with Gasteiger partial charge in [0, 0.05) is 24.8 Å². The number of aliphatic imine (C=N–C) groups is 1. The normalized spacial score (nSPS) is 12.5. The second-order valence-corrected chi connectivity index (χ2v) is 7.34. The summed E-state index contributed by atoms with van der Waals surface area (Å²) in [4.78, 5) is 4.87. The molecule has 0 saturated heterocycles. The second-order valence-electron chi connectivity index (χ2n) is 7.34. The summed E-state index contributed by atoms with van der Waals surface area (Å²) in [7, 11) is 2.01. The van der Waals surface area contributed by atoms with E-state index < -0.39 is 0 Å². The van der Waals surface area contributed by atoms with Crippen LogP contribution in [0.1, 0.15) is 70.1 Å². The van der Waals surface area contributed by atoms with E-state index in [1.807, 2.05) is 37.7 Å². The van der Waals surface area contributed by atoms with E-state index in [4.69, 9.17) is 14.5 Å². The molecule has 31 heavy (non-hydrogen) atoms. The molecule has 0 aliphatic rings. The Bertz CT molecular complexity index is 860. The minimum absolute atomic E-state index is 0.0536. The van der Waals surface area contributed by atoms with Gasteiger partial charge >= 0.3 is 0 Å². The van der Waals surface area contributed by atoms with Crippen LogP contribution in [0, 0.1) is 0 Å². The monoisotopic (exact) mass is 429 g/mol. The molecule has 1 aromatic heterocycles. The summed E-state index contributed by atoms with van der Waals surface area (Å²) < 4.78 is 13.5. The van der Waals surface area contributed by atoms with Crippen LogP contribution in [0.25, 0.3) is 0 Å². The highest BCUT2D eigenvalue weighted by Crippen LogP contribution is 2.30. The Morgan fingerprint density at radius 1 is 1.06 bits per heavy atom. The molecule has 1 heterocycles. The van der Waals surface area contributed by atoms with Gasteiger partial charge < -0.3 is 20.1 Å². The Kier molecular flexibility index (Phi) is 9.69. The zero-order valence-electron chi connectivity index (χ0n) is 20.2. The fourth-order valence-corrected chi connectivity index (χ4v) is 3.68. The van der Waals surface area contributed by atoms with Crippen molar-refractivity contribution in [3.8, 4) is 11.5 Å². The van der Waals surface area contributed by atoms with Gasteiger partial charge in [0.25, 0.3) is 0 Å². The summed E-state index contributed by atoms with van der Waals surface area (Å²) >= 11 is 0. The van der Waals surface area contributed by atoms with Crippen molar-refractivity contribution < 1.29 is 9.47 Å². The van der Waals surface area contributed by atoms with Gasteiger partial charge in [0.2, 0.25) is 0 Å². The molecule has 0 saturated carbocycles. The predicted molar refractivity (Wildman–Crippen MR) is 127 cm³/mol. The summed E-state index contributed by atoms with van der Waals surface area (Å²) in [5, 5.41) is 11.5. The summed E-state index contributed by atoms with van der Waals surface area (Å²) in [5.74, 6) is 2.33. The lowest BCUT2D eigenvalue weighted by Crippen LogP contribution is -2.38. The number of ether oxygens (including phenoxy) is 2. The van der Waals surface area contributed by atoms with Gasteiger partial charge in [-0.3, -0.25) is 4.68 Å². The van der Waals surface area contributed by atoms with Gasteiger partial charge in [-0.25, -0.2) is 4.99 Å². The number of rotatable bonds is 11. The molecule has 2 N–H and O–H groups in total. The largest absolute Gasteiger partial charge is 0.490 e. The van der Waals surface area contributed by atoms with E-state index >= 15 is 0 Å². The summed E-state index contributed by atoms with van der Waals surface area (Å²) in [6, 6.07) is 6.14. The highest BCUT2D eigenvalue weighted by atomic mass is 16.5. The predicted octanol–water partition coefficient (Wildman–Crippen LogP) is 4.16.